The number of nitrogen functional groups attached to an aromatic ring is 1. The third-order valence-corrected chi connectivity index (χ3v) is 2.67. The van der Waals surface area contributed by atoms with Gasteiger partial charge in [0.1, 0.15) is 5.82 Å². The summed E-state index contributed by atoms with van der Waals surface area (Å²) in [7, 11) is 0. The van der Waals surface area contributed by atoms with Gasteiger partial charge in [0.05, 0.1) is 17.4 Å². The van der Waals surface area contributed by atoms with Crippen molar-refractivity contribution in [3.8, 4) is 0 Å². The van der Waals surface area contributed by atoms with E-state index in [-0.39, 0.29) is 11.3 Å². The van der Waals surface area contributed by atoms with Crippen LogP contribution in [0.25, 0.3) is 0 Å². The molecule has 0 fully saturated rings. The highest BCUT2D eigenvalue weighted by Crippen LogP contribution is 2.15. The number of H-pyrrole nitrogens is 1. The number of nitrogens with two attached hydrogens (primary N) is 1. The number of nitrogens with zero attached hydrogens (tertiary/aromatic N) is 1. The van der Waals surface area contributed by atoms with Gasteiger partial charge in [-0.25, -0.2) is 4.39 Å². The zero-order valence-electron chi connectivity index (χ0n) is 9.83. The standard InChI is InChI=1S/C12H13FN4O/c1-7-8(6-16-17-7)5-15-12(18)9-3-2-4-10(13)11(9)14/h2-4,6H,5,14H2,1H3,(H,15,18)(H,16,17). The van der Waals surface area contributed by atoms with E-state index in [2.05, 4.69) is 15.5 Å². The quantitative estimate of drug-likeness (QED) is 0.717. The fourth-order valence-electron chi connectivity index (χ4n) is 1.56. The number of para-hydroxylation sites is 1. The molecule has 18 heavy (non-hydrogen) atoms. The molecule has 6 heteroatoms. The summed E-state index contributed by atoms with van der Waals surface area (Å²) in [6, 6.07) is 4.14. The third kappa shape index (κ3) is 2.32. The first-order valence-electron chi connectivity index (χ1n) is 5.40. The lowest BCUT2D eigenvalue weighted by molar-refractivity contribution is 0.0951. The number of rotatable bonds is 3. The van der Waals surface area contributed by atoms with Gasteiger partial charge in [-0.2, -0.15) is 5.10 Å². The Kier molecular flexibility index (Phi) is 3.27. The van der Waals surface area contributed by atoms with E-state index in [1.54, 1.807) is 6.20 Å². The molecule has 4 N–H and O–H groups in total. The van der Waals surface area contributed by atoms with E-state index >= 15 is 0 Å². The fraction of sp³-hybridized carbons (Fsp3) is 0.167. The van der Waals surface area contributed by atoms with E-state index in [9.17, 15) is 9.18 Å². The maximum Gasteiger partial charge on any atom is 0.253 e. The predicted molar refractivity (Wildman–Crippen MR) is 65.3 cm³/mol. The van der Waals surface area contributed by atoms with E-state index in [0.29, 0.717) is 6.54 Å². The van der Waals surface area contributed by atoms with Crippen LogP contribution in [0.1, 0.15) is 21.6 Å². The molecule has 0 spiro atoms. The van der Waals surface area contributed by atoms with Crippen LogP contribution < -0.4 is 11.1 Å². The Labute approximate surface area is 103 Å². The van der Waals surface area contributed by atoms with Gasteiger partial charge in [-0.15, -0.1) is 0 Å². The average molecular weight is 248 g/mol. The van der Waals surface area contributed by atoms with Crippen LogP contribution in [0.3, 0.4) is 0 Å². The number of aromatic nitrogens is 2. The largest absolute Gasteiger partial charge is 0.396 e. The molecule has 1 heterocycles. The maximum absolute atomic E-state index is 13.2. The average Bonchev–Trinajstić information content (AvgIpc) is 2.75. The molecule has 2 rings (SSSR count). The van der Waals surface area contributed by atoms with E-state index in [1.807, 2.05) is 6.92 Å². The molecule has 2 aromatic rings. The van der Waals surface area contributed by atoms with Crippen molar-refractivity contribution in [2.24, 2.45) is 0 Å². The molecule has 94 valence electrons. The van der Waals surface area contributed by atoms with E-state index in [1.165, 1.54) is 18.2 Å². The summed E-state index contributed by atoms with van der Waals surface area (Å²) in [6.07, 6.45) is 1.63. The molecule has 0 unspecified atom stereocenters. The number of carbonyl (C=O) groups is 1. The van der Waals surface area contributed by atoms with Gasteiger partial charge >= 0.3 is 0 Å². The molecule has 0 aliphatic carbocycles. The Hall–Kier alpha value is -2.37. The SMILES string of the molecule is Cc1[nH]ncc1CNC(=O)c1cccc(F)c1N. The fourth-order valence-corrected chi connectivity index (χ4v) is 1.56. The number of halogens is 1. The lowest BCUT2D eigenvalue weighted by atomic mass is 10.1. The van der Waals surface area contributed by atoms with Crippen LogP contribution in [0.4, 0.5) is 10.1 Å². The molecule has 1 aromatic carbocycles. The van der Waals surface area contributed by atoms with Gasteiger partial charge in [-0.1, -0.05) is 6.07 Å². The second-order valence-electron chi connectivity index (χ2n) is 3.90. The molecule has 0 saturated heterocycles. The van der Waals surface area contributed by atoms with Gasteiger partial charge < -0.3 is 11.1 Å². The van der Waals surface area contributed by atoms with Crippen LogP contribution in [0, 0.1) is 12.7 Å². The van der Waals surface area contributed by atoms with Crippen LogP contribution in [-0.2, 0) is 6.54 Å². The Bertz CT molecular complexity index is 579. The summed E-state index contributed by atoms with van der Waals surface area (Å²) in [5, 5.41) is 9.27. The normalized spacial score (nSPS) is 10.3. The zero-order chi connectivity index (χ0) is 13.1. The second kappa shape index (κ2) is 4.87. The topological polar surface area (TPSA) is 83.8 Å². The first kappa shape index (κ1) is 12.1. The summed E-state index contributed by atoms with van der Waals surface area (Å²) < 4.78 is 13.2. The minimum atomic E-state index is -0.595. The third-order valence-electron chi connectivity index (χ3n) is 2.67. The highest BCUT2D eigenvalue weighted by molar-refractivity contribution is 5.99. The van der Waals surface area contributed by atoms with E-state index < -0.39 is 11.7 Å². The molecular weight excluding hydrogens is 235 g/mol. The number of nitrogens with one attached hydrogen (secondary N) is 2. The van der Waals surface area contributed by atoms with Gasteiger partial charge in [0.2, 0.25) is 0 Å². The van der Waals surface area contributed by atoms with Crippen molar-refractivity contribution in [2.45, 2.75) is 13.5 Å². The summed E-state index contributed by atoms with van der Waals surface area (Å²) in [4.78, 5) is 11.8. The predicted octanol–water partition coefficient (Wildman–Crippen LogP) is 1.37. The number of aryl methyl sites for hydroxylation is 1. The van der Waals surface area contributed by atoms with Crippen LogP contribution >= 0.6 is 0 Å². The van der Waals surface area contributed by atoms with Crippen molar-refractivity contribution >= 4 is 11.6 Å². The molecule has 0 saturated carbocycles. The number of amides is 1. The van der Waals surface area contributed by atoms with Crippen molar-refractivity contribution in [3.05, 3.63) is 47.0 Å². The Morgan fingerprint density at radius 2 is 2.33 bits per heavy atom. The second-order valence-corrected chi connectivity index (χ2v) is 3.90. The Balaban J connectivity index is 2.09. The number of anilines is 1. The van der Waals surface area contributed by atoms with Crippen LogP contribution in [-0.4, -0.2) is 16.1 Å². The minimum absolute atomic E-state index is 0.135. The monoisotopic (exact) mass is 248 g/mol. The zero-order valence-corrected chi connectivity index (χ0v) is 9.83. The number of carbonyl (C=O) groups excluding carboxylic acids is 1. The highest BCUT2D eigenvalue weighted by Gasteiger charge is 2.12. The number of hydrogen-bond acceptors (Lipinski definition) is 3. The van der Waals surface area contributed by atoms with Gasteiger partial charge in [-0.3, -0.25) is 9.89 Å². The molecule has 0 radical (unpaired) electrons. The molecule has 1 aromatic heterocycles. The Morgan fingerprint density at radius 1 is 1.56 bits per heavy atom. The van der Waals surface area contributed by atoms with Crippen molar-refractivity contribution in [1.82, 2.24) is 15.5 Å². The molecule has 0 atom stereocenters. The molecule has 0 aliphatic rings. The van der Waals surface area contributed by atoms with E-state index in [4.69, 9.17) is 5.73 Å². The van der Waals surface area contributed by atoms with Crippen LogP contribution in [0.15, 0.2) is 24.4 Å². The van der Waals surface area contributed by atoms with Gasteiger partial charge in [0.15, 0.2) is 0 Å². The number of hydrogen-bond donors (Lipinski definition) is 3. The van der Waals surface area contributed by atoms with Crippen molar-refractivity contribution in [3.63, 3.8) is 0 Å². The first-order chi connectivity index (χ1) is 8.59. The molecule has 1 amide bonds. The van der Waals surface area contributed by atoms with Crippen molar-refractivity contribution in [2.75, 3.05) is 5.73 Å². The lowest BCUT2D eigenvalue weighted by Gasteiger charge is -2.07. The number of aromatic amines is 1. The maximum atomic E-state index is 13.2. The number of benzene rings is 1. The first-order valence-corrected chi connectivity index (χ1v) is 5.40. The lowest BCUT2D eigenvalue weighted by Crippen LogP contribution is -2.24. The van der Waals surface area contributed by atoms with Gasteiger partial charge in [-0.05, 0) is 19.1 Å². The van der Waals surface area contributed by atoms with Crippen LogP contribution in [0.5, 0.6) is 0 Å². The van der Waals surface area contributed by atoms with Gasteiger partial charge in [0, 0.05) is 17.8 Å². The molecule has 5 nitrogen and oxygen atoms in total. The van der Waals surface area contributed by atoms with Gasteiger partial charge in [0.25, 0.3) is 5.91 Å². The molecule has 0 bridgehead atoms. The summed E-state index contributed by atoms with van der Waals surface area (Å²) >= 11 is 0. The molecule has 0 aliphatic heterocycles. The Morgan fingerprint density at radius 3 is 3.00 bits per heavy atom. The minimum Gasteiger partial charge on any atom is -0.396 e. The van der Waals surface area contributed by atoms with Crippen molar-refractivity contribution < 1.29 is 9.18 Å². The highest BCUT2D eigenvalue weighted by atomic mass is 19.1. The summed E-state index contributed by atoms with van der Waals surface area (Å²) in [6.45, 7) is 2.17. The summed E-state index contributed by atoms with van der Waals surface area (Å²) in [5.74, 6) is -1.00. The smallest absolute Gasteiger partial charge is 0.253 e. The van der Waals surface area contributed by atoms with Crippen molar-refractivity contribution in [1.29, 1.82) is 0 Å². The summed E-state index contributed by atoms with van der Waals surface area (Å²) in [5.41, 5.74) is 7.25. The van der Waals surface area contributed by atoms with Crippen LogP contribution in [0.2, 0.25) is 0 Å². The van der Waals surface area contributed by atoms with E-state index in [0.717, 1.165) is 11.3 Å². The molecular formula is C12H13FN4O.